The van der Waals surface area contributed by atoms with Crippen molar-refractivity contribution < 1.29 is 9.53 Å². The average molecular weight is 463 g/mol. The SMILES string of the molecule is CCCN1CCC(N2CC[C@H](N3CCOCC3)[C@H](CCC(=O)NC3CCCCCC3)C2)CC1. The summed E-state index contributed by atoms with van der Waals surface area (Å²) < 4.78 is 5.64. The molecule has 4 fully saturated rings. The van der Waals surface area contributed by atoms with Gasteiger partial charge in [-0.2, -0.15) is 0 Å². The van der Waals surface area contributed by atoms with Crippen LogP contribution < -0.4 is 5.32 Å². The lowest BCUT2D eigenvalue weighted by Gasteiger charge is -2.48. The molecule has 1 amide bonds. The Morgan fingerprint density at radius 2 is 1.61 bits per heavy atom. The minimum absolute atomic E-state index is 0.299. The van der Waals surface area contributed by atoms with Crippen molar-refractivity contribution in [2.45, 2.75) is 102 Å². The molecule has 0 bridgehead atoms. The second-order valence-corrected chi connectivity index (χ2v) is 11.1. The van der Waals surface area contributed by atoms with Crippen molar-refractivity contribution in [1.29, 1.82) is 0 Å². The fourth-order valence-electron chi connectivity index (χ4n) is 6.92. The number of piperidine rings is 2. The Morgan fingerprint density at radius 1 is 0.879 bits per heavy atom. The third-order valence-electron chi connectivity index (χ3n) is 8.82. The minimum atomic E-state index is 0.299. The molecule has 33 heavy (non-hydrogen) atoms. The van der Waals surface area contributed by atoms with Crippen molar-refractivity contribution in [3.05, 3.63) is 0 Å². The highest BCUT2D eigenvalue weighted by molar-refractivity contribution is 5.76. The lowest BCUT2D eigenvalue weighted by atomic mass is 9.85. The van der Waals surface area contributed by atoms with Crippen LogP contribution in [0.15, 0.2) is 0 Å². The van der Waals surface area contributed by atoms with Gasteiger partial charge in [-0.25, -0.2) is 0 Å². The molecule has 6 nitrogen and oxygen atoms in total. The maximum atomic E-state index is 12.9. The summed E-state index contributed by atoms with van der Waals surface area (Å²) >= 11 is 0. The number of hydrogen-bond acceptors (Lipinski definition) is 5. The van der Waals surface area contributed by atoms with Crippen LogP contribution in [0.1, 0.15) is 84.0 Å². The minimum Gasteiger partial charge on any atom is -0.379 e. The Hall–Kier alpha value is -0.690. The number of nitrogens with zero attached hydrogens (tertiary/aromatic N) is 3. The van der Waals surface area contributed by atoms with Gasteiger partial charge in [0.05, 0.1) is 13.2 Å². The zero-order valence-electron chi connectivity index (χ0n) is 21.3. The van der Waals surface area contributed by atoms with Gasteiger partial charge in [-0.05, 0) is 77.0 Å². The Kier molecular flexibility index (Phi) is 10.3. The first-order chi connectivity index (χ1) is 16.2. The molecular formula is C27H50N4O2. The van der Waals surface area contributed by atoms with Crippen LogP contribution in [0, 0.1) is 5.92 Å². The van der Waals surface area contributed by atoms with Crippen LogP contribution >= 0.6 is 0 Å². The molecule has 3 heterocycles. The van der Waals surface area contributed by atoms with E-state index in [-0.39, 0.29) is 0 Å². The lowest BCUT2D eigenvalue weighted by molar-refractivity contribution is -0.122. The standard InChI is InChI=1S/C27H50N4O2/c1-2-14-29-15-11-25(12-16-29)31-17-13-26(30-18-20-33-21-19-30)23(22-31)9-10-27(32)28-24-7-5-3-4-6-8-24/h23-26H,2-22H2,1H3,(H,28,32)/t23-,26+/m1/s1. The molecule has 0 aromatic rings. The van der Waals surface area contributed by atoms with Crippen molar-refractivity contribution in [3.8, 4) is 0 Å². The van der Waals surface area contributed by atoms with E-state index in [4.69, 9.17) is 4.74 Å². The smallest absolute Gasteiger partial charge is 0.220 e. The summed E-state index contributed by atoms with van der Waals surface area (Å²) in [6.45, 7) is 12.3. The highest BCUT2D eigenvalue weighted by Gasteiger charge is 2.37. The average Bonchev–Trinajstić information content (AvgIpc) is 3.12. The van der Waals surface area contributed by atoms with Gasteiger partial charge in [0.15, 0.2) is 0 Å². The monoisotopic (exact) mass is 462 g/mol. The predicted molar refractivity (Wildman–Crippen MR) is 134 cm³/mol. The fraction of sp³-hybridized carbons (Fsp3) is 0.963. The molecular weight excluding hydrogens is 412 g/mol. The van der Waals surface area contributed by atoms with E-state index < -0.39 is 0 Å². The molecule has 190 valence electrons. The number of carbonyl (C=O) groups excluding carboxylic acids is 1. The van der Waals surface area contributed by atoms with Crippen LogP contribution in [0.25, 0.3) is 0 Å². The second-order valence-electron chi connectivity index (χ2n) is 11.1. The fourth-order valence-corrected chi connectivity index (χ4v) is 6.92. The van der Waals surface area contributed by atoms with Gasteiger partial charge in [0, 0.05) is 44.2 Å². The topological polar surface area (TPSA) is 48.1 Å². The zero-order valence-corrected chi connectivity index (χ0v) is 21.3. The van der Waals surface area contributed by atoms with E-state index in [1.54, 1.807) is 0 Å². The van der Waals surface area contributed by atoms with Gasteiger partial charge in [-0.3, -0.25) is 14.6 Å². The molecule has 0 aromatic carbocycles. The van der Waals surface area contributed by atoms with Crippen LogP contribution in [0.5, 0.6) is 0 Å². The van der Waals surface area contributed by atoms with Crippen LogP contribution in [0.4, 0.5) is 0 Å². The molecule has 3 aliphatic heterocycles. The van der Waals surface area contributed by atoms with Crippen LogP contribution in [-0.4, -0.2) is 97.8 Å². The molecule has 1 saturated carbocycles. The van der Waals surface area contributed by atoms with Crippen molar-refractivity contribution in [1.82, 2.24) is 20.0 Å². The van der Waals surface area contributed by atoms with E-state index in [2.05, 4.69) is 26.9 Å². The van der Waals surface area contributed by atoms with Crippen molar-refractivity contribution in [3.63, 3.8) is 0 Å². The van der Waals surface area contributed by atoms with Gasteiger partial charge < -0.3 is 15.0 Å². The summed E-state index contributed by atoms with van der Waals surface area (Å²) in [5.41, 5.74) is 0. The van der Waals surface area contributed by atoms with Gasteiger partial charge in [0.1, 0.15) is 0 Å². The van der Waals surface area contributed by atoms with Crippen LogP contribution in [-0.2, 0) is 9.53 Å². The normalized spacial score (nSPS) is 30.2. The molecule has 4 aliphatic rings. The number of carbonyl (C=O) groups is 1. The Balaban J connectivity index is 1.30. The molecule has 0 unspecified atom stereocenters. The molecule has 6 heteroatoms. The summed E-state index contributed by atoms with van der Waals surface area (Å²) in [5.74, 6) is 0.901. The molecule has 2 atom stereocenters. The van der Waals surface area contributed by atoms with Gasteiger partial charge >= 0.3 is 0 Å². The van der Waals surface area contributed by atoms with Crippen molar-refractivity contribution in [2.75, 3.05) is 59.0 Å². The Labute approximate surface area is 202 Å². The van der Waals surface area contributed by atoms with Crippen molar-refractivity contribution >= 4 is 5.91 Å². The lowest BCUT2D eigenvalue weighted by Crippen LogP contribution is -2.57. The van der Waals surface area contributed by atoms with E-state index in [0.717, 1.165) is 38.8 Å². The van der Waals surface area contributed by atoms with Gasteiger partial charge in [-0.1, -0.05) is 32.6 Å². The number of nitrogens with one attached hydrogen (secondary N) is 1. The molecule has 4 rings (SSSR count). The van der Waals surface area contributed by atoms with Gasteiger partial charge in [-0.15, -0.1) is 0 Å². The number of hydrogen-bond donors (Lipinski definition) is 1. The van der Waals surface area contributed by atoms with E-state index in [9.17, 15) is 4.79 Å². The summed E-state index contributed by atoms with van der Waals surface area (Å²) in [4.78, 5) is 21.0. The highest BCUT2D eigenvalue weighted by atomic mass is 16.5. The van der Waals surface area contributed by atoms with E-state index in [0.29, 0.717) is 30.3 Å². The molecule has 3 saturated heterocycles. The highest BCUT2D eigenvalue weighted by Crippen LogP contribution is 2.30. The number of amides is 1. The van der Waals surface area contributed by atoms with E-state index >= 15 is 0 Å². The maximum Gasteiger partial charge on any atom is 0.220 e. The number of rotatable bonds is 8. The molecule has 0 radical (unpaired) electrons. The number of likely N-dealkylation sites (tertiary alicyclic amines) is 2. The number of ether oxygens (including phenoxy) is 1. The Morgan fingerprint density at radius 3 is 2.30 bits per heavy atom. The zero-order chi connectivity index (χ0) is 22.9. The summed E-state index contributed by atoms with van der Waals surface area (Å²) in [6.07, 6.45) is 14.5. The summed E-state index contributed by atoms with van der Waals surface area (Å²) in [6, 6.07) is 1.79. The molecule has 0 spiro atoms. The Bertz CT molecular complexity index is 566. The predicted octanol–water partition coefficient (Wildman–Crippen LogP) is 3.50. The second kappa shape index (κ2) is 13.4. The third-order valence-corrected chi connectivity index (χ3v) is 8.82. The molecule has 1 N–H and O–H groups in total. The van der Waals surface area contributed by atoms with Crippen LogP contribution in [0.3, 0.4) is 0 Å². The first-order valence-corrected chi connectivity index (χ1v) is 14.3. The maximum absolute atomic E-state index is 12.9. The first kappa shape index (κ1) is 25.4. The summed E-state index contributed by atoms with van der Waals surface area (Å²) in [7, 11) is 0. The quantitative estimate of drug-likeness (QED) is 0.560. The molecule has 0 aromatic heterocycles. The first-order valence-electron chi connectivity index (χ1n) is 14.3. The van der Waals surface area contributed by atoms with E-state index in [1.165, 1.54) is 96.9 Å². The van der Waals surface area contributed by atoms with Gasteiger partial charge in [0.25, 0.3) is 0 Å². The van der Waals surface area contributed by atoms with Crippen molar-refractivity contribution in [2.24, 2.45) is 5.92 Å². The third kappa shape index (κ3) is 7.65. The number of morpholine rings is 1. The largest absolute Gasteiger partial charge is 0.379 e. The molecule has 1 aliphatic carbocycles. The van der Waals surface area contributed by atoms with Crippen LogP contribution in [0.2, 0.25) is 0 Å². The summed E-state index contributed by atoms with van der Waals surface area (Å²) in [5, 5.41) is 3.39. The van der Waals surface area contributed by atoms with Gasteiger partial charge in [0.2, 0.25) is 5.91 Å². The van der Waals surface area contributed by atoms with E-state index in [1.807, 2.05) is 0 Å².